The zero-order chi connectivity index (χ0) is 12.3. The van der Waals surface area contributed by atoms with Gasteiger partial charge < -0.3 is 4.74 Å². The molecule has 0 aromatic carbocycles. The van der Waals surface area contributed by atoms with Crippen molar-refractivity contribution < 1.29 is 9.53 Å². The van der Waals surface area contributed by atoms with Crippen LogP contribution in [0.4, 0.5) is 0 Å². The topological polar surface area (TPSA) is 26.3 Å². The first-order chi connectivity index (χ1) is 7.41. The van der Waals surface area contributed by atoms with Gasteiger partial charge in [0.15, 0.2) is 0 Å². The quantitative estimate of drug-likeness (QED) is 0.541. The van der Waals surface area contributed by atoms with Crippen LogP contribution < -0.4 is 0 Å². The van der Waals surface area contributed by atoms with Crippen LogP contribution in [-0.4, -0.2) is 12.1 Å². The second-order valence-corrected chi connectivity index (χ2v) is 5.55. The molecule has 0 N–H and O–H groups in total. The summed E-state index contributed by atoms with van der Waals surface area (Å²) >= 11 is 0. The average Bonchev–Trinajstić information content (AvgIpc) is 2.16. The lowest BCUT2D eigenvalue weighted by atomic mass is 9.75. The molecule has 0 bridgehead atoms. The van der Waals surface area contributed by atoms with Crippen LogP contribution in [0.25, 0.3) is 0 Å². The van der Waals surface area contributed by atoms with Crippen LogP contribution in [0.2, 0.25) is 0 Å². The predicted molar refractivity (Wildman–Crippen MR) is 66.0 cm³/mol. The van der Waals surface area contributed by atoms with E-state index >= 15 is 0 Å². The van der Waals surface area contributed by atoms with Crippen LogP contribution >= 0.6 is 0 Å². The number of hydrogen-bond donors (Lipinski definition) is 0. The molecule has 0 spiro atoms. The third-order valence-electron chi connectivity index (χ3n) is 3.57. The van der Waals surface area contributed by atoms with Gasteiger partial charge in [-0.25, -0.2) is 4.79 Å². The molecule has 0 heterocycles. The molecule has 3 atom stereocenters. The van der Waals surface area contributed by atoms with Gasteiger partial charge in [0.1, 0.15) is 6.10 Å². The lowest BCUT2D eigenvalue weighted by Gasteiger charge is -2.36. The van der Waals surface area contributed by atoms with Crippen LogP contribution in [0.5, 0.6) is 0 Å². The minimum atomic E-state index is -0.232. The van der Waals surface area contributed by atoms with E-state index in [4.69, 9.17) is 4.74 Å². The van der Waals surface area contributed by atoms with Gasteiger partial charge in [0.2, 0.25) is 0 Å². The Hall–Kier alpha value is -0.790. The first-order valence-electron chi connectivity index (χ1n) is 6.28. The lowest BCUT2D eigenvalue weighted by Crippen LogP contribution is -2.35. The van der Waals surface area contributed by atoms with E-state index in [-0.39, 0.29) is 12.1 Å². The summed E-state index contributed by atoms with van der Waals surface area (Å²) in [5, 5.41) is 0. The molecule has 1 unspecified atom stereocenters. The van der Waals surface area contributed by atoms with E-state index in [0.29, 0.717) is 23.3 Å². The van der Waals surface area contributed by atoms with Crippen LogP contribution in [0.1, 0.15) is 47.0 Å². The molecule has 0 aliphatic heterocycles. The van der Waals surface area contributed by atoms with E-state index in [1.54, 1.807) is 6.92 Å². The molecule has 0 saturated heterocycles. The Balaban J connectivity index is 2.64. The van der Waals surface area contributed by atoms with Crippen molar-refractivity contribution in [2.24, 2.45) is 17.8 Å². The van der Waals surface area contributed by atoms with Crippen molar-refractivity contribution >= 4 is 5.97 Å². The van der Waals surface area contributed by atoms with Gasteiger partial charge in [-0.05, 0) is 37.5 Å². The first kappa shape index (κ1) is 13.3. The molecule has 0 amide bonds. The summed E-state index contributed by atoms with van der Waals surface area (Å²) in [4.78, 5) is 11.6. The number of ether oxygens (including phenoxy) is 1. The van der Waals surface area contributed by atoms with E-state index in [9.17, 15) is 4.79 Å². The third-order valence-corrected chi connectivity index (χ3v) is 3.57. The van der Waals surface area contributed by atoms with Gasteiger partial charge in [-0.15, -0.1) is 0 Å². The maximum absolute atomic E-state index is 11.6. The van der Waals surface area contributed by atoms with E-state index in [1.165, 1.54) is 12.8 Å². The second-order valence-electron chi connectivity index (χ2n) is 5.55. The van der Waals surface area contributed by atoms with Crippen molar-refractivity contribution in [3.05, 3.63) is 12.2 Å². The van der Waals surface area contributed by atoms with Crippen molar-refractivity contribution in [2.45, 2.75) is 53.1 Å². The molecule has 92 valence electrons. The summed E-state index contributed by atoms with van der Waals surface area (Å²) in [5.41, 5.74) is 0.501. The van der Waals surface area contributed by atoms with Crippen molar-refractivity contribution in [3.63, 3.8) is 0 Å². The Bertz CT molecular complexity index is 268. The largest absolute Gasteiger partial charge is 0.459 e. The number of esters is 1. The number of carbonyl (C=O) groups excluding carboxylic acids is 1. The van der Waals surface area contributed by atoms with Crippen molar-refractivity contribution in [3.8, 4) is 0 Å². The molecule has 0 aromatic heterocycles. The van der Waals surface area contributed by atoms with E-state index in [2.05, 4.69) is 27.4 Å². The molecule has 0 radical (unpaired) electrons. The minimum absolute atomic E-state index is 0.0907. The highest BCUT2D eigenvalue weighted by molar-refractivity contribution is 5.87. The summed E-state index contributed by atoms with van der Waals surface area (Å²) in [6.07, 6.45) is 3.52. The highest BCUT2D eigenvalue weighted by Gasteiger charge is 2.33. The maximum Gasteiger partial charge on any atom is 0.333 e. The fourth-order valence-corrected chi connectivity index (χ4v) is 2.49. The Kier molecular flexibility index (Phi) is 4.57. The van der Waals surface area contributed by atoms with E-state index < -0.39 is 0 Å². The highest BCUT2D eigenvalue weighted by atomic mass is 16.5. The van der Waals surface area contributed by atoms with Crippen molar-refractivity contribution in [1.29, 1.82) is 0 Å². The van der Waals surface area contributed by atoms with Gasteiger partial charge in [-0.1, -0.05) is 33.8 Å². The number of rotatable bonds is 3. The first-order valence-corrected chi connectivity index (χ1v) is 6.28. The standard InChI is InChI=1S/C14H24O2/c1-9(2)12-7-6-11(5)8-13(12)16-14(15)10(3)4/h9,11-13H,3,6-8H2,1-2,4-5H3/t11-,12+,13?/m1/s1. The van der Waals surface area contributed by atoms with Gasteiger partial charge in [0.05, 0.1) is 0 Å². The highest BCUT2D eigenvalue weighted by Crippen LogP contribution is 2.35. The smallest absolute Gasteiger partial charge is 0.333 e. The predicted octanol–water partition coefficient (Wildman–Crippen LogP) is 3.57. The fourth-order valence-electron chi connectivity index (χ4n) is 2.49. The molecular weight excluding hydrogens is 200 g/mol. The normalized spacial score (nSPS) is 30.2. The summed E-state index contributed by atoms with van der Waals surface area (Å²) < 4.78 is 5.56. The van der Waals surface area contributed by atoms with Crippen LogP contribution in [-0.2, 0) is 9.53 Å². The molecule has 2 nitrogen and oxygen atoms in total. The summed E-state index contributed by atoms with van der Waals surface area (Å²) in [7, 11) is 0. The van der Waals surface area contributed by atoms with Crippen molar-refractivity contribution in [1.82, 2.24) is 0 Å². The lowest BCUT2D eigenvalue weighted by molar-refractivity contribution is -0.150. The summed E-state index contributed by atoms with van der Waals surface area (Å²) in [6.45, 7) is 12.0. The monoisotopic (exact) mass is 224 g/mol. The van der Waals surface area contributed by atoms with Crippen LogP contribution in [0.15, 0.2) is 12.2 Å². The maximum atomic E-state index is 11.6. The Morgan fingerprint density at radius 2 is 2.00 bits per heavy atom. The van der Waals surface area contributed by atoms with Gasteiger partial charge in [-0.3, -0.25) is 0 Å². The number of carbonyl (C=O) groups is 1. The average molecular weight is 224 g/mol. The summed E-state index contributed by atoms with van der Waals surface area (Å²) in [5.74, 6) is 1.53. The zero-order valence-electron chi connectivity index (χ0n) is 11.0. The van der Waals surface area contributed by atoms with Gasteiger partial charge in [-0.2, -0.15) is 0 Å². The van der Waals surface area contributed by atoms with Gasteiger partial charge >= 0.3 is 5.97 Å². The molecule has 1 aliphatic rings. The molecule has 1 saturated carbocycles. The van der Waals surface area contributed by atoms with Gasteiger partial charge in [0.25, 0.3) is 0 Å². The Labute approximate surface area is 99.1 Å². The zero-order valence-corrected chi connectivity index (χ0v) is 11.0. The summed E-state index contributed by atoms with van der Waals surface area (Å²) in [6, 6.07) is 0. The molecule has 1 aliphatic carbocycles. The Morgan fingerprint density at radius 3 is 2.50 bits per heavy atom. The SMILES string of the molecule is C=C(C)C(=O)OC1C[C@H](C)CC[C@H]1C(C)C. The van der Waals surface area contributed by atoms with Crippen LogP contribution in [0, 0.1) is 17.8 Å². The van der Waals surface area contributed by atoms with Crippen molar-refractivity contribution in [2.75, 3.05) is 0 Å². The Morgan fingerprint density at radius 1 is 1.38 bits per heavy atom. The molecule has 2 heteroatoms. The fraction of sp³-hybridized carbons (Fsp3) is 0.786. The molecule has 1 fully saturated rings. The van der Waals surface area contributed by atoms with Crippen LogP contribution in [0.3, 0.4) is 0 Å². The van der Waals surface area contributed by atoms with E-state index in [0.717, 1.165) is 6.42 Å². The van der Waals surface area contributed by atoms with Gasteiger partial charge in [0, 0.05) is 5.57 Å². The second kappa shape index (κ2) is 5.51. The molecular formula is C14H24O2. The number of hydrogen-bond acceptors (Lipinski definition) is 2. The van der Waals surface area contributed by atoms with E-state index in [1.807, 2.05) is 0 Å². The molecule has 1 rings (SSSR count). The third kappa shape index (κ3) is 3.36. The molecule has 0 aromatic rings. The minimum Gasteiger partial charge on any atom is -0.459 e. The molecule has 16 heavy (non-hydrogen) atoms.